The topological polar surface area (TPSA) is 46.9 Å². The number of nitrogens with zero attached hydrogens (tertiary/aromatic N) is 2. The van der Waals surface area contributed by atoms with E-state index >= 15 is 0 Å². The summed E-state index contributed by atoms with van der Waals surface area (Å²) < 4.78 is 1.69. The van der Waals surface area contributed by atoms with E-state index in [4.69, 9.17) is 0 Å². The largest absolute Gasteiger partial charge is 0.354 e. The maximum Gasteiger partial charge on any atom is 0.244 e. The summed E-state index contributed by atoms with van der Waals surface area (Å²) in [5.41, 5.74) is 1.07. The SMILES string of the molecule is CCCCNC(=O)C(C)n1cc(C)cn1. The number of carbonyl (C=O) groups is 1. The van der Waals surface area contributed by atoms with Gasteiger partial charge in [-0.05, 0) is 25.8 Å². The van der Waals surface area contributed by atoms with Crippen LogP contribution < -0.4 is 5.32 Å². The quantitative estimate of drug-likeness (QED) is 0.750. The van der Waals surface area contributed by atoms with Crippen LogP contribution in [-0.2, 0) is 4.79 Å². The molecule has 0 spiro atoms. The molecule has 0 fully saturated rings. The van der Waals surface area contributed by atoms with Crippen molar-refractivity contribution in [2.45, 2.75) is 39.7 Å². The van der Waals surface area contributed by atoms with Gasteiger partial charge in [-0.15, -0.1) is 0 Å². The number of carbonyl (C=O) groups excluding carboxylic acids is 1. The molecule has 0 aliphatic carbocycles. The number of aryl methyl sites for hydroxylation is 1. The second-order valence-electron chi connectivity index (χ2n) is 3.82. The zero-order valence-corrected chi connectivity index (χ0v) is 9.66. The summed E-state index contributed by atoms with van der Waals surface area (Å²) >= 11 is 0. The molecule has 4 nitrogen and oxygen atoms in total. The van der Waals surface area contributed by atoms with E-state index in [0.29, 0.717) is 0 Å². The summed E-state index contributed by atoms with van der Waals surface area (Å²) in [6, 6.07) is -0.226. The molecule has 1 atom stereocenters. The number of amides is 1. The molecule has 1 amide bonds. The summed E-state index contributed by atoms with van der Waals surface area (Å²) in [6.45, 7) is 6.67. The van der Waals surface area contributed by atoms with Crippen LogP contribution in [0.2, 0.25) is 0 Å². The van der Waals surface area contributed by atoms with E-state index in [9.17, 15) is 4.79 Å². The predicted octanol–water partition coefficient (Wildman–Crippen LogP) is 1.67. The van der Waals surface area contributed by atoms with Crippen LogP contribution in [0.3, 0.4) is 0 Å². The predicted molar refractivity (Wildman–Crippen MR) is 59.6 cm³/mol. The lowest BCUT2D eigenvalue weighted by molar-refractivity contribution is -0.124. The molecule has 4 heteroatoms. The minimum absolute atomic E-state index is 0.0338. The average Bonchev–Trinajstić information content (AvgIpc) is 2.64. The van der Waals surface area contributed by atoms with Gasteiger partial charge < -0.3 is 5.32 Å². The van der Waals surface area contributed by atoms with Gasteiger partial charge in [-0.3, -0.25) is 9.48 Å². The molecular weight excluding hydrogens is 190 g/mol. The van der Waals surface area contributed by atoms with Crippen molar-refractivity contribution >= 4 is 5.91 Å². The molecule has 1 heterocycles. The van der Waals surface area contributed by atoms with Crippen LogP contribution in [0.5, 0.6) is 0 Å². The fourth-order valence-electron chi connectivity index (χ4n) is 1.30. The Kier molecular flexibility index (Phi) is 4.34. The van der Waals surface area contributed by atoms with E-state index in [1.54, 1.807) is 10.9 Å². The van der Waals surface area contributed by atoms with E-state index in [1.165, 1.54) is 0 Å². The third kappa shape index (κ3) is 3.38. The van der Waals surface area contributed by atoms with Crippen LogP contribution in [0, 0.1) is 6.92 Å². The lowest BCUT2D eigenvalue weighted by atomic mass is 10.3. The van der Waals surface area contributed by atoms with Crippen molar-refractivity contribution in [3.8, 4) is 0 Å². The Morgan fingerprint density at radius 3 is 2.93 bits per heavy atom. The van der Waals surface area contributed by atoms with Crippen molar-refractivity contribution in [2.24, 2.45) is 0 Å². The minimum atomic E-state index is -0.226. The molecule has 1 rings (SSSR count). The van der Waals surface area contributed by atoms with Crippen LogP contribution in [-0.4, -0.2) is 22.2 Å². The van der Waals surface area contributed by atoms with Gasteiger partial charge in [-0.2, -0.15) is 5.10 Å². The van der Waals surface area contributed by atoms with Crippen LogP contribution in [0.1, 0.15) is 38.3 Å². The molecule has 1 aromatic rings. The first-order valence-corrected chi connectivity index (χ1v) is 5.43. The number of nitrogens with one attached hydrogen (secondary N) is 1. The maximum atomic E-state index is 11.7. The van der Waals surface area contributed by atoms with Crippen LogP contribution in [0.4, 0.5) is 0 Å². The molecule has 0 aliphatic heterocycles. The second-order valence-corrected chi connectivity index (χ2v) is 3.82. The van der Waals surface area contributed by atoms with Gasteiger partial charge in [0.15, 0.2) is 0 Å². The summed E-state index contributed by atoms with van der Waals surface area (Å²) in [4.78, 5) is 11.7. The Labute approximate surface area is 90.7 Å². The van der Waals surface area contributed by atoms with Gasteiger partial charge >= 0.3 is 0 Å². The maximum absolute atomic E-state index is 11.7. The standard InChI is InChI=1S/C11H19N3O/c1-4-5-6-12-11(15)10(3)14-8-9(2)7-13-14/h7-8,10H,4-6H2,1-3H3,(H,12,15). The fraction of sp³-hybridized carbons (Fsp3) is 0.636. The molecular formula is C11H19N3O. The van der Waals surface area contributed by atoms with E-state index in [-0.39, 0.29) is 11.9 Å². The second kappa shape index (κ2) is 5.53. The van der Waals surface area contributed by atoms with Gasteiger partial charge in [0.1, 0.15) is 6.04 Å². The molecule has 0 saturated carbocycles. The Morgan fingerprint density at radius 2 is 2.40 bits per heavy atom. The normalized spacial score (nSPS) is 12.5. The Morgan fingerprint density at radius 1 is 1.67 bits per heavy atom. The molecule has 0 aromatic carbocycles. The smallest absolute Gasteiger partial charge is 0.244 e. The van der Waals surface area contributed by atoms with Crippen LogP contribution in [0.25, 0.3) is 0 Å². The summed E-state index contributed by atoms with van der Waals surface area (Å²) in [5, 5.41) is 7.01. The van der Waals surface area contributed by atoms with Gasteiger partial charge in [0, 0.05) is 12.7 Å². The zero-order valence-electron chi connectivity index (χ0n) is 9.66. The molecule has 0 saturated heterocycles. The average molecular weight is 209 g/mol. The summed E-state index contributed by atoms with van der Waals surface area (Å²) in [6.07, 6.45) is 5.76. The highest BCUT2D eigenvalue weighted by molar-refractivity contribution is 5.79. The highest BCUT2D eigenvalue weighted by Crippen LogP contribution is 2.05. The molecule has 0 radical (unpaired) electrons. The van der Waals surface area contributed by atoms with Gasteiger partial charge in [0.25, 0.3) is 0 Å². The Bertz CT molecular complexity index is 319. The van der Waals surface area contributed by atoms with Crippen molar-refractivity contribution in [3.63, 3.8) is 0 Å². The molecule has 15 heavy (non-hydrogen) atoms. The highest BCUT2D eigenvalue weighted by atomic mass is 16.2. The monoisotopic (exact) mass is 209 g/mol. The molecule has 0 aliphatic rings. The molecule has 84 valence electrons. The number of unbranched alkanes of at least 4 members (excludes halogenated alkanes) is 1. The molecule has 1 unspecified atom stereocenters. The first-order valence-electron chi connectivity index (χ1n) is 5.43. The lowest BCUT2D eigenvalue weighted by Gasteiger charge is -2.12. The third-order valence-electron chi connectivity index (χ3n) is 2.34. The van der Waals surface area contributed by atoms with Crippen LogP contribution >= 0.6 is 0 Å². The van der Waals surface area contributed by atoms with Crippen molar-refractivity contribution in [1.82, 2.24) is 15.1 Å². The lowest BCUT2D eigenvalue weighted by Crippen LogP contribution is -2.31. The Balaban J connectivity index is 2.46. The van der Waals surface area contributed by atoms with E-state index in [1.807, 2.05) is 20.0 Å². The Hall–Kier alpha value is -1.32. The first-order chi connectivity index (χ1) is 7.15. The minimum Gasteiger partial charge on any atom is -0.354 e. The number of rotatable bonds is 5. The first kappa shape index (κ1) is 11.8. The van der Waals surface area contributed by atoms with Crippen LogP contribution in [0.15, 0.2) is 12.4 Å². The molecule has 1 N–H and O–H groups in total. The fourth-order valence-corrected chi connectivity index (χ4v) is 1.30. The van der Waals surface area contributed by atoms with Crippen molar-refractivity contribution in [2.75, 3.05) is 6.54 Å². The number of hydrogen-bond donors (Lipinski definition) is 1. The molecule has 0 bridgehead atoms. The van der Waals surface area contributed by atoms with Gasteiger partial charge in [0.2, 0.25) is 5.91 Å². The summed E-state index contributed by atoms with van der Waals surface area (Å²) in [7, 11) is 0. The number of aromatic nitrogens is 2. The van der Waals surface area contributed by atoms with Crippen molar-refractivity contribution in [3.05, 3.63) is 18.0 Å². The number of hydrogen-bond acceptors (Lipinski definition) is 2. The highest BCUT2D eigenvalue weighted by Gasteiger charge is 2.14. The third-order valence-corrected chi connectivity index (χ3v) is 2.34. The van der Waals surface area contributed by atoms with Gasteiger partial charge in [-0.25, -0.2) is 0 Å². The van der Waals surface area contributed by atoms with E-state index in [2.05, 4.69) is 17.3 Å². The van der Waals surface area contributed by atoms with Gasteiger partial charge in [0.05, 0.1) is 6.20 Å². The van der Waals surface area contributed by atoms with Crippen molar-refractivity contribution in [1.29, 1.82) is 0 Å². The zero-order chi connectivity index (χ0) is 11.3. The molecule has 1 aromatic heterocycles. The van der Waals surface area contributed by atoms with Crippen molar-refractivity contribution < 1.29 is 4.79 Å². The summed E-state index contributed by atoms with van der Waals surface area (Å²) in [5.74, 6) is 0.0338. The van der Waals surface area contributed by atoms with Gasteiger partial charge in [-0.1, -0.05) is 13.3 Å². The van der Waals surface area contributed by atoms with E-state index in [0.717, 1.165) is 24.9 Å². The van der Waals surface area contributed by atoms with E-state index < -0.39 is 0 Å².